The van der Waals surface area contributed by atoms with Crippen molar-refractivity contribution in [2.75, 3.05) is 6.61 Å². The molecule has 0 radical (unpaired) electrons. The van der Waals surface area contributed by atoms with E-state index in [1.807, 2.05) is 0 Å². The fourth-order valence-electron chi connectivity index (χ4n) is 2.12. The van der Waals surface area contributed by atoms with Crippen LogP contribution in [0.2, 0.25) is 15.1 Å². The Hall–Kier alpha value is -2.08. The highest BCUT2D eigenvalue weighted by atomic mass is 35.5. The van der Waals surface area contributed by atoms with E-state index in [9.17, 15) is 14.4 Å². The number of nitrogens with one attached hydrogen (secondary N) is 1. The molecule has 2 rings (SSSR count). The van der Waals surface area contributed by atoms with Crippen LogP contribution in [0.4, 0.5) is 0 Å². The van der Waals surface area contributed by atoms with E-state index in [-0.39, 0.29) is 25.2 Å². The summed E-state index contributed by atoms with van der Waals surface area (Å²) in [5.41, 5.74) is 1.15. The Morgan fingerprint density at radius 3 is 2.22 bits per heavy atom. The summed E-state index contributed by atoms with van der Waals surface area (Å²) < 4.78 is 4.87. The van der Waals surface area contributed by atoms with E-state index in [4.69, 9.17) is 39.5 Å². The Morgan fingerprint density at radius 1 is 0.889 bits per heavy atom. The van der Waals surface area contributed by atoms with Crippen LogP contribution in [-0.4, -0.2) is 24.3 Å². The Kier molecular flexibility index (Phi) is 8.10. The summed E-state index contributed by atoms with van der Waals surface area (Å²) in [5.74, 6) is -1.30. The van der Waals surface area contributed by atoms with Gasteiger partial charge < -0.3 is 10.1 Å². The average Bonchev–Trinajstić information content (AvgIpc) is 2.64. The second-order valence-electron chi connectivity index (χ2n) is 5.60. The molecule has 0 spiro atoms. The first-order valence-electron chi connectivity index (χ1n) is 8.00. The normalized spacial score (nSPS) is 10.3. The number of amides is 1. The Morgan fingerprint density at radius 2 is 1.56 bits per heavy atom. The van der Waals surface area contributed by atoms with Crippen molar-refractivity contribution in [2.45, 2.75) is 19.4 Å². The molecule has 0 atom stereocenters. The van der Waals surface area contributed by atoms with E-state index in [0.29, 0.717) is 26.2 Å². The predicted octanol–water partition coefficient (Wildman–Crippen LogP) is 4.47. The lowest BCUT2D eigenvalue weighted by Gasteiger charge is -2.08. The fraction of sp³-hybridized carbons (Fsp3) is 0.211. The van der Waals surface area contributed by atoms with Crippen molar-refractivity contribution >= 4 is 52.5 Å². The summed E-state index contributed by atoms with van der Waals surface area (Å²) in [5, 5.41) is 4.04. The number of ketones is 1. The highest BCUT2D eigenvalue weighted by Crippen LogP contribution is 2.20. The summed E-state index contributed by atoms with van der Waals surface area (Å²) in [6, 6.07) is 11.3. The SMILES string of the molecule is O=C(COC(=O)CCC(=O)c1ccc(Cl)cc1)NCc1ccc(Cl)cc1Cl. The largest absolute Gasteiger partial charge is 0.456 e. The van der Waals surface area contributed by atoms with Crippen LogP contribution in [-0.2, 0) is 20.9 Å². The first kappa shape index (κ1) is 21.2. The van der Waals surface area contributed by atoms with Gasteiger partial charge in [-0.2, -0.15) is 0 Å². The lowest BCUT2D eigenvalue weighted by atomic mass is 10.1. The molecule has 0 heterocycles. The predicted molar refractivity (Wildman–Crippen MR) is 104 cm³/mol. The number of hydrogen-bond donors (Lipinski definition) is 1. The molecular formula is C19H16Cl3NO4. The zero-order valence-electron chi connectivity index (χ0n) is 14.1. The van der Waals surface area contributed by atoms with E-state index >= 15 is 0 Å². The van der Waals surface area contributed by atoms with Crippen LogP contribution in [0.1, 0.15) is 28.8 Å². The summed E-state index contributed by atoms with van der Waals surface area (Å²) in [6.07, 6.45) is -0.125. The van der Waals surface area contributed by atoms with E-state index in [1.54, 1.807) is 42.5 Å². The Labute approximate surface area is 171 Å². The fourth-order valence-corrected chi connectivity index (χ4v) is 2.73. The van der Waals surface area contributed by atoms with Gasteiger partial charge in [-0.25, -0.2) is 0 Å². The number of Topliss-reactive ketones (excluding diaryl/α,β-unsaturated/α-hetero) is 1. The van der Waals surface area contributed by atoms with E-state index < -0.39 is 18.5 Å². The quantitative estimate of drug-likeness (QED) is 0.497. The topological polar surface area (TPSA) is 72.5 Å². The molecule has 0 aliphatic carbocycles. The first-order valence-corrected chi connectivity index (χ1v) is 9.13. The number of benzene rings is 2. The molecule has 5 nitrogen and oxygen atoms in total. The lowest BCUT2D eigenvalue weighted by molar-refractivity contribution is -0.148. The third kappa shape index (κ3) is 7.21. The van der Waals surface area contributed by atoms with Gasteiger partial charge in [0.2, 0.25) is 0 Å². The third-order valence-corrected chi connectivity index (χ3v) is 4.42. The van der Waals surface area contributed by atoms with Crippen LogP contribution in [0, 0.1) is 0 Å². The second-order valence-corrected chi connectivity index (χ2v) is 6.88. The molecule has 142 valence electrons. The lowest BCUT2D eigenvalue weighted by Crippen LogP contribution is -2.28. The number of hydrogen-bond acceptors (Lipinski definition) is 4. The second kappa shape index (κ2) is 10.3. The molecule has 2 aromatic carbocycles. The summed E-state index contributed by atoms with van der Waals surface area (Å²) >= 11 is 17.6. The molecule has 0 aromatic heterocycles. The first-order chi connectivity index (χ1) is 12.8. The van der Waals surface area contributed by atoms with Crippen LogP contribution in [0.3, 0.4) is 0 Å². The number of ether oxygens (including phenoxy) is 1. The van der Waals surface area contributed by atoms with E-state index in [2.05, 4.69) is 5.32 Å². The van der Waals surface area contributed by atoms with Crippen molar-refractivity contribution in [1.29, 1.82) is 0 Å². The zero-order valence-corrected chi connectivity index (χ0v) is 16.4. The van der Waals surface area contributed by atoms with Gasteiger partial charge in [0.05, 0.1) is 6.42 Å². The van der Waals surface area contributed by atoms with Crippen molar-refractivity contribution in [2.24, 2.45) is 0 Å². The molecule has 0 bridgehead atoms. The monoisotopic (exact) mass is 427 g/mol. The average molecular weight is 429 g/mol. The van der Waals surface area contributed by atoms with Gasteiger partial charge in [-0.3, -0.25) is 14.4 Å². The number of esters is 1. The molecule has 8 heteroatoms. The summed E-state index contributed by atoms with van der Waals surface area (Å²) in [7, 11) is 0. The van der Waals surface area contributed by atoms with Gasteiger partial charge in [-0.1, -0.05) is 40.9 Å². The molecule has 1 N–H and O–H groups in total. The molecule has 2 aromatic rings. The number of rotatable bonds is 8. The van der Waals surface area contributed by atoms with Crippen molar-refractivity contribution in [3.05, 3.63) is 68.7 Å². The summed E-state index contributed by atoms with van der Waals surface area (Å²) in [4.78, 5) is 35.4. The van der Waals surface area contributed by atoms with Crippen molar-refractivity contribution in [3.63, 3.8) is 0 Å². The zero-order chi connectivity index (χ0) is 19.8. The van der Waals surface area contributed by atoms with Crippen LogP contribution >= 0.6 is 34.8 Å². The van der Waals surface area contributed by atoms with Gasteiger partial charge in [-0.05, 0) is 42.0 Å². The highest BCUT2D eigenvalue weighted by Gasteiger charge is 2.12. The Bertz CT molecular complexity index is 837. The smallest absolute Gasteiger partial charge is 0.306 e. The molecule has 1 amide bonds. The van der Waals surface area contributed by atoms with Gasteiger partial charge in [0.25, 0.3) is 5.91 Å². The highest BCUT2D eigenvalue weighted by molar-refractivity contribution is 6.35. The van der Waals surface area contributed by atoms with Crippen LogP contribution < -0.4 is 5.32 Å². The van der Waals surface area contributed by atoms with Crippen LogP contribution in [0.25, 0.3) is 0 Å². The number of halogens is 3. The van der Waals surface area contributed by atoms with Gasteiger partial charge >= 0.3 is 5.97 Å². The maximum atomic E-state index is 12.0. The number of carbonyl (C=O) groups is 3. The van der Waals surface area contributed by atoms with Crippen LogP contribution in [0.15, 0.2) is 42.5 Å². The van der Waals surface area contributed by atoms with Gasteiger partial charge in [0.15, 0.2) is 12.4 Å². The molecule has 0 aliphatic heterocycles. The maximum Gasteiger partial charge on any atom is 0.306 e. The number of carbonyl (C=O) groups excluding carboxylic acids is 3. The molecule has 0 aliphatic rings. The molecule has 27 heavy (non-hydrogen) atoms. The van der Waals surface area contributed by atoms with Gasteiger partial charge in [0.1, 0.15) is 0 Å². The molecule has 0 unspecified atom stereocenters. The minimum Gasteiger partial charge on any atom is -0.456 e. The van der Waals surface area contributed by atoms with Gasteiger partial charge in [0, 0.05) is 33.6 Å². The Balaban J connectivity index is 1.69. The third-order valence-electron chi connectivity index (χ3n) is 3.58. The molecule has 0 saturated carbocycles. The molecule has 0 saturated heterocycles. The maximum absolute atomic E-state index is 12.0. The molecule has 0 fully saturated rings. The molecular weight excluding hydrogens is 413 g/mol. The minimum absolute atomic E-state index is 0.0114. The van der Waals surface area contributed by atoms with Crippen molar-refractivity contribution in [1.82, 2.24) is 5.32 Å². The van der Waals surface area contributed by atoms with Crippen molar-refractivity contribution in [3.8, 4) is 0 Å². The van der Waals surface area contributed by atoms with E-state index in [0.717, 1.165) is 0 Å². The minimum atomic E-state index is -0.628. The van der Waals surface area contributed by atoms with E-state index in [1.165, 1.54) is 0 Å². The standard InChI is InChI=1S/C19H16Cl3NO4/c20-14-4-1-12(2-5-14)17(24)7-8-19(26)27-11-18(25)23-10-13-3-6-15(21)9-16(13)22/h1-6,9H,7-8,10-11H2,(H,23,25). The van der Waals surface area contributed by atoms with Crippen molar-refractivity contribution < 1.29 is 19.1 Å². The van der Waals surface area contributed by atoms with Gasteiger partial charge in [-0.15, -0.1) is 0 Å². The summed E-state index contributed by atoms with van der Waals surface area (Å²) in [6.45, 7) is -0.249. The van der Waals surface area contributed by atoms with Crippen LogP contribution in [0.5, 0.6) is 0 Å².